The molecule has 1 atom stereocenters. The maximum Gasteiger partial charge on any atom is 0.241 e. The molecule has 25 heavy (non-hydrogen) atoms. The largest absolute Gasteiger partial charge is 0.497 e. The van der Waals surface area contributed by atoms with Crippen molar-refractivity contribution in [3.05, 3.63) is 54.1 Å². The van der Waals surface area contributed by atoms with Gasteiger partial charge in [0.15, 0.2) is 0 Å². The average Bonchev–Trinajstić information content (AvgIpc) is 2.62. The van der Waals surface area contributed by atoms with E-state index in [0.29, 0.717) is 5.75 Å². The Morgan fingerprint density at radius 1 is 1.32 bits per heavy atom. The summed E-state index contributed by atoms with van der Waals surface area (Å²) in [4.78, 5) is 25.1. The maximum atomic E-state index is 12.1. The molecule has 6 nitrogen and oxygen atoms in total. The van der Waals surface area contributed by atoms with Gasteiger partial charge in [0.05, 0.1) is 24.3 Å². The smallest absolute Gasteiger partial charge is 0.241 e. The Kier molecular flexibility index (Phi) is 5.35. The number of rotatable bonds is 5. The number of carbonyl (C=O) groups is 2. The van der Waals surface area contributed by atoms with E-state index in [9.17, 15) is 9.59 Å². The fourth-order valence-electron chi connectivity index (χ4n) is 2.34. The van der Waals surface area contributed by atoms with Crippen LogP contribution in [0.25, 0.3) is 0 Å². The number of nitrogens with zero attached hydrogens (tertiary/aromatic N) is 1. The molecule has 0 aliphatic carbocycles. The first-order chi connectivity index (χ1) is 12.2. The molecule has 128 valence electrons. The summed E-state index contributed by atoms with van der Waals surface area (Å²) >= 11 is 1.39. The van der Waals surface area contributed by atoms with Crippen LogP contribution >= 0.6 is 11.8 Å². The molecule has 1 heterocycles. The van der Waals surface area contributed by atoms with Crippen molar-refractivity contribution in [2.75, 3.05) is 12.4 Å². The summed E-state index contributed by atoms with van der Waals surface area (Å²) in [7, 11) is 1.59. The zero-order valence-electron chi connectivity index (χ0n) is 13.6. The van der Waals surface area contributed by atoms with E-state index < -0.39 is 5.25 Å². The van der Waals surface area contributed by atoms with E-state index in [2.05, 4.69) is 15.8 Å². The Labute approximate surface area is 149 Å². The highest BCUT2D eigenvalue weighted by Gasteiger charge is 2.28. The van der Waals surface area contributed by atoms with E-state index in [1.165, 1.54) is 18.0 Å². The zero-order chi connectivity index (χ0) is 17.6. The third-order valence-electron chi connectivity index (χ3n) is 3.57. The number of amides is 2. The number of anilines is 1. The Balaban J connectivity index is 1.56. The van der Waals surface area contributed by atoms with E-state index >= 15 is 0 Å². The molecular formula is C18H17N3O3S. The van der Waals surface area contributed by atoms with Gasteiger partial charge in [-0.25, -0.2) is 5.43 Å². The second-order valence-electron chi connectivity index (χ2n) is 5.37. The van der Waals surface area contributed by atoms with Crippen LogP contribution in [-0.4, -0.2) is 30.4 Å². The molecule has 2 aromatic rings. The topological polar surface area (TPSA) is 79.8 Å². The number of benzene rings is 2. The second kappa shape index (κ2) is 7.85. The normalized spacial score (nSPS) is 16.2. The summed E-state index contributed by atoms with van der Waals surface area (Å²) in [6, 6.07) is 14.8. The third kappa shape index (κ3) is 4.39. The lowest BCUT2D eigenvalue weighted by molar-refractivity contribution is -0.124. The molecule has 0 fully saturated rings. The van der Waals surface area contributed by atoms with Crippen molar-refractivity contribution < 1.29 is 14.3 Å². The summed E-state index contributed by atoms with van der Waals surface area (Å²) in [5.41, 5.74) is 4.04. The van der Waals surface area contributed by atoms with Crippen LogP contribution in [0.5, 0.6) is 5.75 Å². The van der Waals surface area contributed by atoms with E-state index in [1.807, 2.05) is 42.5 Å². The minimum atomic E-state index is -0.470. The SMILES string of the molecule is COc1cccc(/C=N/NC(=O)CC2Sc3ccccc3NC2=O)c1. The molecule has 0 spiro atoms. The minimum Gasteiger partial charge on any atom is -0.497 e. The highest BCUT2D eigenvalue weighted by atomic mass is 32.2. The molecule has 3 rings (SSSR count). The molecule has 1 aliphatic rings. The van der Waals surface area contributed by atoms with Crippen molar-refractivity contribution in [2.24, 2.45) is 5.10 Å². The molecule has 0 saturated heterocycles. The summed E-state index contributed by atoms with van der Waals surface area (Å²) < 4.78 is 5.13. The van der Waals surface area contributed by atoms with Crippen molar-refractivity contribution in [3.8, 4) is 5.75 Å². The van der Waals surface area contributed by atoms with Gasteiger partial charge in [-0.05, 0) is 29.8 Å². The van der Waals surface area contributed by atoms with Gasteiger partial charge in [-0.2, -0.15) is 5.10 Å². The number of nitrogens with one attached hydrogen (secondary N) is 2. The molecule has 1 aliphatic heterocycles. The van der Waals surface area contributed by atoms with Crippen LogP contribution in [0.1, 0.15) is 12.0 Å². The average molecular weight is 355 g/mol. The Hall–Kier alpha value is -2.80. The number of para-hydroxylation sites is 1. The number of ether oxygens (including phenoxy) is 1. The maximum absolute atomic E-state index is 12.1. The van der Waals surface area contributed by atoms with Gasteiger partial charge in [-0.15, -0.1) is 11.8 Å². The molecular weight excluding hydrogens is 338 g/mol. The Morgan fingerprint density at radius 3 is 3.00 bits per heavy atom. The van der Waals surface area contributed by atoms with Crippen molar-refractivity contribution >= 4 is 35.5 Å². The van der Waals surface area contributed by atoms with Gasteiger partial charge < -0.3 is 10.1 Å². The van der Waals surface area contributed by atoms with Crippen LogP contribution in [-0.2, 0) is 9.59 Å². The van der Waals surface area contributed by atoms with Crippen molar-refractivity contribution in [1.82, 2.24) is 5.43 Å². The Bertz CT molecular complexity index is 823. The zero-order valence-corrected chi connectivity index (χ0v) is 14.4. The number of carbonyl (C=O) groups excluding carboxylic acids is 2. The second-order valence-corrected chi connectivity index (χ2v) is 6.61. The van der Waals surface area contributed by atoms with Gasteiger partial charge in [0.1, 0.15) is 5.75 Å². The van der Waals surface area contributed by atoms with E-state index in [-0.39, 0.29) is 18.2 Å². The lowest BCUT2D eigenvalue weighted by Gasteiger charge is -2.23. The molecule has 0 saturated carbocycles. The fraction of sp³-hybridized carbons (Fsp3) is 0.167. The van der Waals surface area contributed by atoms with Crippen LogP contribution in [0.15, 0.2) is 58.5 Å². The number of fused-ring (bicyclic) bond motifs is 1. The molecule has 0 aromatic heterocycles. The van der Waals surface area contributed by atoms with Crippen LogP contribution in [0.3, 0.4) is 0 Å². The molecule has 2 amide bonds. The monoisotopic (exact) mass is 355 g/mol. The van der Waals surface area contributed by atoms with Crippen molar-refractivity contribution in [3.63, 3.8) is 0 Å². The molecule has 0 radical (unpaired) electrons. The number of hydrogen-bond donors (Lipinski definition) is 2. The number of methoxy groups -OCH3 is 1. The van der Waals surface area contributed by atoms with E-state index in [1.54, 1.807) is 13.2 Å². The molecule has 1 unspecified atom stereocenters. The van der Waals surface area contributed by atoms with Gasteiger partial charge in [0.25, 0.3) is 0 Å². The molecule has 0 bridgehead atoms. The number of hydrazone groups is 1. The summed E-state index contributed by atoms with van der Waals surface area (Å²) in [5.74, 6) is 0.228. The predicted molar refractivity (Wildman–Crippen MR) is 98.1 cm³/mol. The lowest BCUT2D eigenvalue weighted by atomic mass is 10.2. The Morgan fingerprint density at radius 2 is 2.16 bits per heavy atom. The van der Waals surface area contributed by atoms with Crippen molar-refractivity contribution in [2.45, 2.75) is 16.6 Å². The first kappa shape index (κ1) is 17.0. The van der Waals surface area contributed by atoms with Gasteiger partial charge in [-0.3, -0.25) is 9.59 Å². The van der Waals surface area contributed by atoms with Gasteiger partial charge in [-0.1, -0.05) is 24.3 Å². The highest BCUT2D eigenvalue weighted by Crippen LogP contribution is 2.36. The molecule has 2 N–H and O–H groups in total. The summed E-state index contributed by atoms with van der Waals surface area (Å²) in [6.45, 7) is 0. The lowest BCUT2D eigenvalue weighted by Crippen LogP contribution is -2.33. The standard InChI is InChI=1S/C18H17N3O3S/c1-24-13-6-4-5-12(9-13)11-19-21-17(22)10-16-18(23)20-14-7-2-3-8-15(14)25-16/h2-9,11,16H,10H2,1H3,(H,20,23)(H,21,22)/b19-11+. The molecule has 7 heteroatoms. The van der Waals surface area contributed by atoms with Crippen LogP contribution in [0, 0.1) is 0 Å². The van der Waals surface area contributed by atoms with Crippen molar-refractivity contribution in [1.29, 1.82) is 0 Å². The van der Waals surface area contributed by atoms with Crippen LogP contribution < -0.4 is 15.5 Å². The van der Waals surface area contributed by atoms with E-state index in [4.69, 9.17) is 4.74 Å². The molecule has 2 aromatic carbocycles. The van der Waals surface area contributed by atoms with Gasteiger partial charge in [0, 0.05) is 11.3 Å². The quantitative estimate of drug-likeness (QED) is 0.638. The number of hydrogen-bond acceptors (Lipinski definition) is 5. The summed E-state index contributed by atoms with van der Waals surface area (Å²) in [6.07, 6.45) is 1.59. The first-order valence-corrected chi connectivity index (χ1v) is 8.56. The van der Waals surface area contributed by atoms with Crippen LogP contribution in [0.2, 0.25) is 0 Å². The van der Waals surface area contributed by atoms with E-state index in [0.717, 1.165) is 16.1 Å². The highest BCUT2D eigenvalue weighted by molar-refractivity contribution is 8.01. The van der Waals surface area contributed by atoms with Gasteiger partial charge >= 0.3 is 0 Å². The first-order valence-electron chi connectivity index (χ1n) is 7.68. The van der Waals surface area contributed by atoms with Crippen LogP contribution in [0.4, 0.5) is 5.69 Å². The summed E-state index contributed by atoms with van der Waals surface area (Å²) in [5, 5.41) is 6.28. The number of thioether (sulfide) groups is 1. The van der Waals surface area contributed by atoms with Gasteiger partial charge in [0.2, 0.25) is 11.8 Å². The third-order valence-corrected chi connectivity index (χ3v) is 4.85. The fourth-order valence-corrected chi connectivity index (χ4v) is 3.45. The minimum absolute atomic E-state index is 0.0558. The predicted octanol–water partition coefficient (Wildman–Crippen LogP) is 2.65.